The van der Waals surface area contributed by atoms with Crippen molar-refractivity contribution in [3.8, 4) is 0 Å². The minimum atomic E-state index is -2.53. The Kier molecular flexibility index (Phi) is 14.8. The molecule has 55 heavy (non-hydrogen) atoms. The molecule has 13 heteroatoms. The molecule has 3 aliphatic heterocycles. The number of rotatable bonds is 13. The molecule has 0 unspecified atom stereocenters. The van der Waals surface area contributed by atoms with Crippen LogP contribution in [0.4, 0.5) is 0 Å². The van der Waals surface area contributed by atoms with E-state index < -0.39 is 92.2 Å². The fourth-order valence-corrected chi connectivity index (χ4v) is 16.4. The van der Waals surface area contributed by atoms with Crippen molar-refractivity contribution in [1.29, 1.82) is 0 Å². The highest BCUT2D eigenvalue weighted by atomic mass is 28.4. The van der Waals surface area contributed by atoms with Crippen LogP contribution in [-0.4, -0.2) is 105 Å². The lowest BCUT2D eigenvalue weighted by molar-refractivity contribution is -0.397. The molecule has 3 aliphatic rings. The Labute approximate surface area is 337 Å². The molecule has 1 aromatic carbocycles. The lowest BCUT2D eigenvalue weighted by atomic mass is 9.85. The van der Waals surface area contributed by atoms with E-state index in [9.17, 15) is 5.11 Å². The number of benzene rings is 1. The average molecular weight is 827 g/mol. The summed E-state index contributed by atoms with van der Waals surface area (Å²) in [5.41, 5.74) is 0.307. The molecule has 0 amide bonds. The third-order valence-electron chi connectivity index (χ3n) is 13.6. The largest absolute Gasteiger partial charge is 0.406 e. The minimum absolute atomic E-state index is 0.116. The van der Waals surface area contributed by atoms with Gasteiger partial charge in [0.2, 0.25) is 8.32 Å². The normalized spacial score (nSPS) is 34.4. The second-order valence-electron chi connectivity index (χ2n) is 20.5. The number of aliphatic hydroxyl groups is 1. The zero-order valence-electron chi connectivity index (χ0n) is 37.7. The van der Waals surface area contributed by atoms with Gasteiger partial charge in [0, 0.05) is 12.7 Å². The fraction of sp³-hybridized carbons (Fsp3) is 0.857. The van der Waals surface area contributed by atoms with Crippen molar-refractivity contribution in [2.45, 2.75) is 217 Å². The molecule has 11 atom stereocenters. The number of hydrogen-bond acceptors (Lipinski definition) is 10. The number of fused-ring (bicyclic) bond motifs is 1. The predicted molar refractivity (Wildman–Crippen MR) is 226 cm³/mol. The van der Waals surface area contributed by atoms with Crippen molar-refractivity contribution in [2.75, 3.05) is 13.7 Å². The molecule has 0 aromatic heterocycles. The van der Waals surface area contributed by atoms with Crippen molar-refractivity contribution in [1.82, 2.24) is 0 Å². The zero-order valence-corrected chi connectivity index (χ0v) is 40.7. The molecule has 318 valence electrons. The number of methoxy groups -OCH3 is 1. The minimum Gasteiger partial charge on any atom is -0.406 e. The van der Waals surface area contributed by atoms with Crippen LogP contribution in [-0.2, 0) is 41.7 Å². The van der Waals surface area contributed by atoms with Crippen LogP contribution in [0.25, 0.3) is 0 Å². The second-order valence-corrected chi connectivity index (χ2v) is 35.4. The van der Waals surface area contributed by atoms with E-state index in [0.29, 0.717) is 16.6 Å². The van der Waals surface area contributed by atoms with Gasteiger partial charge in [-0.3, -0.25) is 0 Å². The smallest absolute Gasteiger partial charge is 0.203 e. The molecule has 0 aliphatic carbocycles. The first kappa shape index (κ1) is 47.2. The van der Waals surface area contributed by atoms with Crippen molar-refractivity contribution in [3.05, 3.63) is 35.9 Å². The van der Waals surface area contributed by atoms with Gasteiger partial charge < -0.3 is 46.8 Å². The molecule has 0 bridgehead atoms. The Hall–Kier alpha value is -0.529. The van der Waals surface area contributed by atoms with E-state index in [2.05, 4.69) is 109 Å². The van der Waals surface area contributed by atoms with Crippen LogP contribution in [0.1, 0.15) is 109 Å². The van der Waals surface area contributed by atoms with E-state index in [4.69, 9.17) is 41.7 Å². The summed E-state index contributed by atoms with van der Waals surface area (Å²) in [5.74, 6) is 0. The molecule has 3 fully saturated rings. The van der Waals surface area contributed by atoms with Gasteiger partial charge in [0.15, 0.2) is 35.5 Å². The van der Waals surface area contributed by atoms with Crippen LogP contribution in [0.15, 0.2) is 30.3 Å². The summed E-state index contributed by atoms with van der Waals surface area (Å²) in [7, 11) is -5.80. The van der Waals surface area contributed by atoms with Gasteiger partial charge >= 0.3 is 0 Å². The first-order chi connectivity index (χ1) is 25.1. The van der Waals surface area contributed by atoms with Crippen LogP contribution in [0.2, 0.25) is 52.9 Å². The Bertz CT molecular complexity index is 1350. The first-order valence-corrected chi connectivity index (χ1v) is 28.6. The van der Waals surface area contributed by atoms with Crippen LogP contribution in [0.5, 0.6) is 0 Å². The predicted octanol–water partition coefficient (Wildman–Crippen LogP) is 9.69. The highest BCUT2D eigenvalue weighted by molar-refractivity contribution is 6.77. The molecule has 1 N–H and O–H groups in total. The molecular weight excluding hydrogens is 749 g/mol. The highest BCUT2D eigenvalue weighted by Crippen LogP contribution is 2.49. The van der Waals surface area contributed by atoms with Crippen molar-refractivity contribution in [3.63, 3.8) is 0 Å². The maximum atomic E-state index is 12.8. The Balaban J connectivity index is 1.84. The van der Waals surface area contributed by atoms with Gasteiger partial charge in [-0.05, 0) is 66.7 Å². The van der Waals surface area contributed by atoms with Crippen molar-refractivity contribution in [2.24, 2.45) is 0 Å². The summed E-state index contributed by atoms with van der Waals surface area (Å²) in [5, 5.41) is 12.5. The van der Waals surface area contributed by atoms with Crippen LogP contribution in [0, 0.1) is 0 Å². The summed E-state index contributed by atoms with van der Waals surface area (Å²) in [4.78, 5) is 0. The first-order valence-electron chi connectivity index (χ1n) is 20.7. The van der Waals surface area contributed by atoms with Gasteiger partial charge in [-0.1, -0.05) is 113 Å². The van der Waals surface area contributed by atoms with Gasteiger partial charge in [0.05, 0.1) is 12.7 Å². The van der Waals surface area contributed by atoms with E-state index in [-0.39, 0.29) is 16.7 Å². The maximum absolute atomic E-state index is 12.8. The Morgan fingerprint density at radius 3 is 1.75 bits per heavy atom. The number of ether oxygens (including phenoxy) is 6. The molecule has 3 saturated heterocycles. The van der Waals surface area contributed by atoms with Crippen molar-refractivity contribution >= 4 is 25.0 Å². The molecule has 0 radical (unpaired) electrons. The topological polar surface area (TPSA) is 103 Å². The summed E-state index contributed by atoms with van der Waals surface area (Å²) in [6.45, 7) is 39.8. The summed E-state index contributed by atoms with van der Waals surface area (Å²) in [6, 6.07) is 9.79. The number of hydrogen-bond donors (Lipinski definition) is 1. The summed E-state index contributed by atoms with van der Waals surface area (Å²) in [6.07, 6.45) is -7.00. The van der Waals surface area contributed by atoms with E-state index >= 15 is 0 Å². The standard InChI is InChI=1S/C42H78O10Si3/c1-26(2)55(27(3)4,28(5)6)52-38-34(50-53(16,17)40(8,9)10)33(32(44-15)29(7)46-38)48-39-36(51-54(18,19)41(11,12)13)42(14,43)35-31(47-39)25-45-37(49-35)30-23-21-20-22-24-30/h20-24,26-29,31-39,43H,25H2,1-19H3/t29-,31-,32+,33+,34-,35-,36-,37-,38+,39+,42+/m1/s1. The SMILES string of the molecule is CO[C@@H]1[C@H](O[C@@H]2O[C@@H]3CO[C@@H](c4ccccc4)O[C@H]3[C@](C)(O)[C@@H]2O[Si](C)(C)C(C)(C)C)[C@@H](O[Si](C)(C)C(C)(C)C)[C@H](O[Si](C(C)C)(C(C)C)C(C)C)O[C@@H]1C. The Morgan fingerprint density at radius 1 is 0.727 bits per heavy atom. The third kappa shape index (κ3) is 9.60. The zero-order chi connectivity index (χ0) is 41.7. The van der Waals surface area contributed by atoms with Crippen LogP contribution in [0.3, 0.4) is 0 Å². The molecule has 0 saturated carbocycles. The fourth-order valence-electron chi connectivity index (χ4n) is 8.35. The van der Waals surface area contributed by atoms with Crippen molar-refractivity contribution < 1.29 is 46.8 Å². The van der Waals surface area contributed by atoms with Gasteiger partial charge in [0.1, 0.15) is 42.2 Å². The van der Waals surface area contributed by atoms with Crippen LogP contribution >= 0.6 is 0 Å². The highest BCUT2D eigenvalue weighted by Gasteiger charge is 2.62. The van der Waals surface area contributed by atoms with Gasteiger partial charge in [-0.2, -0.15) is 0 Å². The second kappa shape index (κ2) is 17.2. The lowest BCUT2D eigenvalue weighted by Crippen LogP contribution is -2.72. The summed E-state index contributed by atoms with van der Waals surface area (Å²) < 4.78 is 62.2. The summed E-state index contributed by atoms with van der Waals surface area (Å²) >= 11 is 0. The lowest BCUT2D eigenvalue weighted by Gasteiger charge is -2.57. The maximum Gasteiger partial charge on any atom is 0.203 e. The Morgan fingerprint density at radius 2 is 1.25 bits per heavy atom. The molecule has 10 nitrogen and oxygen atoms in total. The van der Waals surface area contributed by atoms with E-state index in [1.165, 1.54) is 0 Å². The molecule has 1 aromatic rings. The van der Waals surface area contributed by atoms with E-state index in [1.807, 2.05) is 37.3 Å². The van der Waals surface area contributed by atoms with E-state index in [1.54, 1.807) is 14.0 Å². The van der Waals surface area contributed by atoms with Gasteiger partial charge in [0.25, 0.3) is 0 Å². The van der Waals surface area contributed by atoms with Gasteiger partial charge in [-0.15, -0.1) is 0 Å². The average Bonchev–Trinajstić information content (AvgIpc) is 3.05. The molecule has 0 spiro atoms. The van der Waals surface area contributed by atoms with E-state index in [0.717, 1.165) is 5.56 Å². The molecular formula is C42H78O10Si3. The monoisotopic (exact) mass is 826 g/mol. The molecule has 3 heterocycles. The van der Waals surface area contributed by atoms with Gasteiger partial charge in [-0.25, -0.2) is 0 Å². The molecule has 4 rings (SSSR count). The third-order valence-corrected chi connectivity index (χ3v) is 28.6. The quantitative estimate of drug-likeness (QED) is 0.194. The van der Waals surface area contributed by atoms with Crippen LogP contribution < -0.4 is 0 Å².